The molecule has 0 aliphatic carbocycles. The molecule has 0 radical (unpaired) electrons. The molecule has 0 N–H and O–H groups in total. The largest absolute Gasteiger partial charge is 0.495 e. The van der Waals surface area contributed by atoms with Gasteiger partial charge in [0.05, 0.1) is 40.1 Å². The van der Waals surface area contributed by atoms with Crippen LogP contribution in [0.1, 0.15) is 11.3 Å². The van der Waals surface area contributed by atoms with E-state index in [1.165, 1.54) is 13.2 Å². The van der Waals surface area contributed by atoms with Crippen molar-refractivity contribution in [2.24, 2.45) is 0 Å². The van der Waals surface area contributed by atoms with Gasteiger partial charge in [0, 0.05) is 12.1 Å². The third-order valence-corrected chi connectivity index (χ3v) is 4.75. The normalized spacial score (nSPS) is 11.3. The first kappa shape index (κ1) is 19.4. The molecule has 0 aliphatic heterocycles. The third kappa shape index (κ3) is 3.24. The van der Waals surface area contributed by atoms with Crippen LogP contribution < -0.4 is 24.4 Å². The van der Waals surface area contributed by atoms with E-state index < -0.39 is 0 Å². The van der Waals surface area contributed by atoms with E-state index in [2.05, 4.69) is 0 Å². The van der Waals surface area contributed by atoms with Gasteiger partial charge >= 0.3 is 0 Å². The molecule has 2 heterocycles. The van der Waals surface area contributed by atoms with Gasteiger partial charge in [-0.2, -0.15) is 0 Å². The second kappa shape index (κ2) is 7.87. The minimum atomic E-state index is -0.208. The summed E-state index contributed by atoms with van der Waals surface area (Å²) >= 11 is 0. The Balaban J connectivity index is 1.80. The van der Waals surface area contributed by atoms with Crippen molar-refractivity contribution in [3.63, 3.8) is 0 Å². The Hall–Kier alpha value is -3.87. The van der Waals surface area contributed by atoms with Gasteiger partial charge in [0.2, 0.25) is 5.75 Å². The molecule has 0 unspecified atom stereocenters. The van der Waals surface area contributed by atoms with E-state index in [-0.39, 0.29) is 5.43 Å². The zero-order valence-electron chi connectivity index (χ0n) is 17.0. The molecular weight excluding hydrogens is 388 g/mol. The number of methoxy groups -OCH3 is 4. The van der Waals surface area contributed by atoms with Crippen LogP contribution in [0.25, 0.3) is 34.1 Å². The molecule has 154 valence electrons. The maximum atomic E-state index is 12.8. The first-order valence-electron chi connectivity index (χ1n) is 9.09. The molecule has 0 atom stereocenters. The number of fused-ring (bicyclic) bond motifs is 2. The Morgan fingerprint density at radius 1 is 0.800 bits per heavy atom. The standard InChI is InChI=1S/C23H20O7/c1-25-19-9-13(10-20(26-2)23(19)28-4)5-6-14-11-16(24)21-18(30-14)12-17-15(7-8-29-17)22(21)27-3/h5-12H,1-4H3. The third-order valence-electron chi connectivity index (χ3n) is 4.75. The van der Waals surface area contributed by atoms with Crippen molar-refractivity contribution in [3.8, 4) is 23.0 Å². The highest BCUT2D eigenvalue weighted by Crippen LogP contribution is 2.39. The summed E-state index contributed by atoms with van der Waals surface area (Å²) < 4.78 is 32.9. The summed E-state index contributed by atoms with van der Waals surface area (Å²) in [6, 6.07) is 8.46. The van der Waals surface area contributed by atoms with E-state index in [9.17, 15) is 4.79 Å². The molecular formula is C23H20O7. The Bertz CT molecular complexity index is 1290. The van der Waals surface area contributed by atoms with Crippen LogP contribution in [0.15, 0.2) is 50.2 Å². The Morgan fingerprint density at radius 2 is 1.50 bits per heavy atom. The Kier molecular flexibility index (Phi) is 5.10. The lowest BCUT2D eigenvalue weighted by Gasteiger charge is -2.12. The Labute approximate surface area is 172 Å². The summed E-state index contributed by atoms with van der Waals surface area (Å²) in [5.41, 5.74) is 1.53. The average molecular weight is 408 g/mol. The number of hydrogen-bond donors (Lipinski definition) is 0. The van der Waals surface area contributed by atoms with Crippen LogP contribution >= 0.6 is 0 Å². The predicted molar refractivity (Wildman–Crippen MR) is 114 cm³/mol. The highest BCUT2D eigenvalue weighted by Gasteiger charge is 2.16. The van der Waals surface area contributed by atoms with Crippen LogP contribution in [0, 0.1) is 0 Å². The monoisotopic (exact) mass is 408 g/mol. The van der Waals surface area contributed by atoms with E-state index in [4.69, 9.17) is 27.8 Å². The predicted octanol–water partition coefficient (Wildman–Crippen LogP) is 4.74. The molecule has 4 aromatic rings. The van der Waals surface area contributed by atoms with E-state index in [1.54, 1.807) is 64.0 Å². The van der Waals surface area contributed by atoms with Crippen molar-refractivity contribution in [1.29, 1.82) is 0 Å². The molecule has 4 rings (SSSR count). The maximum Gasteiger partial charge on any atom is 0.203 e. The van der Waals surface area contributed by atoms with E-state index in [1.807, 2.05) is 0 Å². The van der Waals surface area contributed by atoms with Gasteiger partial charge < -0.3 is 27.8 Å². The lowest BCUT2D eigenvalue weighted by Crippen LogP contribution is -2.03. The smallest absolute Gasteiger partial charge is 0.203 e. The number of ether oxygens (including phenoxy) is 4. The van der Waals surface area contributed by atoms with Crippen LogP contribution in [-0.4, -0.2) is 28.4 Å². The molecule has 7 nitrogen and oxygen atoms in total. The molecule has 7 heteroatoms. The maximum absolute atomic E-state index is 12.8. The zero-order chi connectivity index (χ0) is 21.3. The zero-order valence-corrected chi connectivity index (χ0v) is 17.0. The van der Waals surface area contributed by atoms with Gasteiger partial charge in [-0.25, -0.2) is 0 Å². The van der Waals surface area contributed by atoms with Gasteiger partial charge in [0.25, 0.3) is 0 Å². The van der Waals surface area contributed by atoms with Gasteiger partial charge in [-0.15, -0.1) is 0 Å². The SMILES string of the molecule is COc1cc(C=Cc2cc(=O)c3c(OC)c4ccoc4cc3o2)cc(OC)c1OC. The lowest BCUT2D eigenvalue weighted by atomic mass is 10.1. The number of hydrogen-bond acceptors (Lipinski definition) is 7. The quantitative estimate of drug-likeness (QED) is 0.456. The summed E-state index contributed by atoms with van der Waals surface area (Å²) in [6.07, 6.45) is 5.03. The lowest BCUT2D eigenvalue weighted by molar-refractivity contribution is 0.324. The molecule has 2 aromatic heterocycles. The van der Waals surface area contributed by atoms with Crippen LogP contribution in [0.3, 0.4) is 0 Å². The van der Waals surface area contributed by atoms with E-state index in [0.29, 0.717) is 45.3 Å². The average Bonchev–Trinajstić information content (AvgIpc) is 3.23. The summed E-state index contributed by atoms with van der Waals surface area (Å²) in [4.78, 5) is 12.8. The Morgan fingerprint density at radius 3 is 2.13 bits per heavy atom. The molecule has 2 aromatic carbocycles. The fraction of sp³-hybridized carbons (Fsp3) is 0.174. The van der Waals surface area contributed by atoms with Crippen LogP contribution in [-0.2, 0) is 0 Å². The minimum Gasteiger partial charge on any atom is -0.495 e. The van der Waals surface area contributed by atoms with Gasteiger partial charge in [-0.1, -0.05) is 6.08 Å². The molecule has 30 heavy (non-hydrogen) atoms. The molecule has 0 saturated heterocycles. The fourth-order valence-electron chi connectivity index (χ4n) is 3.40. The second-order valence-electron chi connectivity index (χ2n) is 6.42. The number of furan rings is 1. The van der Waals surface area contributed by atoms with Gasteiger partial charge in [-0.3, -0.25) is 4.79 Å². The van der Waals surface area contributed by atoms with Crippen molar-refractivity contribution in [3.05, 3.63) is 58.1 Å². The van der Waals surface area contributed by atoms with Gasteiger partial charge in [0.15, 0.2) is 16.9 Å². The first-order chi connectivity index (χ1) is 14.6. The topological polar surface area (TPSA) is 80.3 Å². The van der Waals surface area contributed by atoms with Crippen molar-refractivity contribution < 1.29 is 27.8 Å². The summed E-state index contributed by atoms with van der Waals surface area (Å²) in [7, 11) is 6.16. The molecule has 0 bridgehead atoms. The first-order valence-corrected chi connectivity index (χ1v) is 9.09. The highest BCUT2D eigenvalue weighted by molar-refractivity contribution is 6.01. The molecule has 0 aliphatic rings. The number of rotatable bonds is 6. The van der Waals surface area contributed by atoms with Crippen molar-refractivity contribution in [2.75, 3.05) is 28.4 Å². The minimum absolute atomic E-state index is 0.208. The van der Waals surface area contributed by atoms with Crippen LogP contribution in [0.2, 0.25) is 0 Å². The highest BCUT2D eigenvalue weighted by atomic mass is 16.5. The van der Waals surface area contributed by atoms with Gasteiger partial charge in [0.1, 0.15) is 28.1 Å². The molecule has 0 fully saturated rings. The van der Waals surface area contributed by atoms with Crippen LogP contribution in [0.5, 0.6) is 23.0 Å². The van der Waals surface area contributed by atoms with E-state index >= 15 is 0 Å². The number of benzene rings is 2. The summed E-state index contributed by atoms with van der Waals surface area (Å²) in [5.74, 6) is 2.38. The van der Waals surface area contributed by atoms with Crippen LogP contribution in [0.4, 0.5) is 0 Å². The van der Waals surface area contributed by atoms with Gasteiger partial charge in [-0.05, 0) is 29.8 Å². The van der Waals surface area contributed by atoms with E-state index in [0.717, 1.165) is 10.9 Å². The molecule has 0 amide bonds. The summed E-state index contributed by atoms with van der Waals surface area (Å²) in [5, 5.41) is 1.09. The fourth-order valence-corrected chi connectivity index (χ4v) is 3.40. The molecule has 0 spiro atoms. The van der Waals surface area contributed by atoms with Crippen molar-refractivity contribution in [2.45, 2.75) is 0 Å². The second-order valence-corrected chi connectivity index (χ2v) is 6.42. The van der Waals surface area contributed by atoms with Crippen molar-refractivity contribution >= 4 is 34.1 Å². The summed E-state index contributed by atoms with van der Waals surface area (Å²) in [6.45, 7) is 0. The van der Waals surface area contributed by atoms with Crippen molar-refractivity contribution in [1.82, 2.24) is 0 Å². The molecule has 0 saturated carbocycles.